The van der Waals surface area contributed by atoms with Crippen LogP contribution in [0.15, 0.2) is 0 Å². The summed E-state index contributed by atoms with van der Waals surface area (Å²) in [5.41, 5.74) is -1.30. The van der Waals surface area contributed by atoms with Crippen LogP contribution in [0.25, 0.3) is 0 Å². The van der Waals surface area contributed by atoms with Gasteiger partial charge in [0.2, 0.25) is 11.7 Å². The number of carbonyl (C=O) groups is 1. The Morgan fingerprint density at radius 1 is 1.05 bits per heavy atom. The number of carbonyl (C=O) groups excluding carboxylic acids is 1. The summed E-state index contributed by atoms with van der Waals surface area (Å²) >= 11 is 0. The SMILES string of the molecule is O=C(CCC1CCNC1)Nc1c(F)c(F)c(F)c(F)c1F. The fourth-order valence-corrected chi connectivity index (χ4v) is 2.21. The lowest BCUT2D eigenvalue weighted by Crippen LogP contribution is -2.18. The van der Waals surface area contributed by atoms with Gasteiger partial charge in [0.25, 0.3) is 0 Å². The van der Waals surface area contributed by atoms with E-state index in [-0.39, 0.29) is 12.3 Å². The molecule has 116 valence electrons. The summed E-state index contributed by atoms with van der Waals surface area (Å²) in [6, 6.07) is 0. The minimum absolute atomic E-state index is 0.0498. The van der Waals surface area contributed by atoms with E-state index in [0.29, 0.717) is 6.42 Å². The molecule has 1 atom stereocenters. The fraction of sp³-hybridized carbons (Fsp3) is 0.462. The molecule has 1 aromatic carbocycles. The average Bonchev–Trinajstić information content (AvgIpc) is 2.99. The molecule has 1 aliphatic heterocycles. The Bertz CT molecular complexity index is 529. The van der Waals surface area contributed by atoms with Gasteiger partial charge in [-0.05, 0) is 31.8 Å². The van der Waals surface area contributed by atoms with Crippen molar-refractivity contribution in [3.8, 4) is 0 Å². The number of amides is 1. The molecule has 21 heavy (non-hydrogen) atoms. The first-order chi connectivity index (χ1) is 9.91. The number of hydrogen-bond donors (Lipinski definition) is 2. The number of anilines is 1. The van der Waals surface area contributed by atoms with E-state index in [2.05, 4.69) is 5.32 Å². The largest absolute Gasteiger partial charge is 0.321 e. The number of hydrogen-bond acceptors (Lipinski definition) is 2. The molecule has 0 aromatic heterocycles. The van der Waals surface area contributed by atoms with E-state index >= 15 is 0 Å². The normalized spacial score (nSPS) is 18.0. The molecular formula is C13H13F5N2O. The molecule has 1 aromatic rings. The van der Waals surface area contributed by atoms with Gasteiger partial charge in [0.15, 0.2) is 23.3 Å². The second-order valence-corrected chi connectivity index (χ2v) is 4.89. The van der Waals surface area contributed by atoms with E-state index in [4.69, 9.17) is 0 Å². The third-order valence-corrected chi connectivity index (χ3v) is 3.42. The number of nitrogens with one attached hydrogen (secondary N) is 2. The number of halogens is 5. The topological polar surface area (TPSA) is 41.1 Å². The molecule has 1 aliphatic rings. The van der Waals surface area contributed by atoms with Gasteiger partial charge >= 0.3 is 0 Å². The van der Waals surface area contributed by atoms with Crippen LogP contribution < -0.4 is 10.6 Å². The zero-order valence-electron chi connectivity index (χ0n) is 10.9. The first-order valence-corrected chi connectivity index (χ1v) is 6.43. The highest BCUT2D eigenvalue weighted by Gasteiger charge is 2.27. The van der Waals surface area contributed by atoms with Crippen LogP contribution in [0.4, 0.5) is 27.6 Å². The van der Waals surface area contributed by atoms with Crippen molar-refractivity contribution < 1.29 is 26.7 Å². The van der Waals surface area contributed by atoms with Crippen molar-refractivity contribution in [1.29, 1.82) is 0 Å². The summed E-state index contributed by atoms with van der Waals surface area (Å²) in [5, 5.41) is 4.85. The highest BCUT2D eigenvalue weighted by atomic mass is 19.2. The smallest absolute Gasteiger partial charge is 0.224 e. The van der Waals surface area contributed by atoms with Crippen LogP contribution in [0.2, 0.25) is 0 Å². The molecule has 1 amide bonds. The van der Waals surface area contributed by atoms with Gasteiger partial charge in [0.1, 0.15) is 5.69 Å². The van der Waals surface area contributed by atoms with Crippen LogP contribution in [0, 0.1) is 35.0 Å². The van der Waals surface area contributed by atoms with Crippen LogP contribution in [0.1, 0.15) is 19.3 Å². The maximum atomic E-state index is 13.4. The summed E-state index contributed by atoms with van der Waals surface area (Å²) in [4.78, 5) is 11.6. The van der Waals surface area contributed by atoms with Crippen molar-refractivity contribution in [2.24, 2.45) is 5.92 Å². The molecule has 0 bridgehead atoms. The third-order valence-electron chi connectivity index (χ3n) is 3.42. The molecule has 2 rings (SSSR count). The summed E-state index contributed by atoms with van der Waals surface area (Å²) in [7, 11) is 0. The van der Waals surface area contributed by atoms with Gasteiger partial charge in [-0.15, -0.1) is 0 Å². The Kier molecular flexibility index (Phi) is 4.76. The first kappa shape index (κ1) is 15.7. The van der Waals surface area contributed by atoms with Gasteiger partial charge in [0.05, 0.1) is 0 Å². The highest BCUT2D eigenvalue weighted by molar-refractivity contribution is 5.91. The van der Waals surface area contributed by atoms with Gasteiger partial charge in [0, 0.05) is 6.42 Å². The summed E-state index contributed by atoms with van der Waals surface area (Å²) in [6.07, 6.45) is 1.32. The fourth-order valence-electron chi connectivity index (χ4n) is 2.21. The minimum atomic E-state index is -2.25. The predicted molar refractivity (Wildman–Crippen MR) is 65.1 cm³/mol. The molecule has 1 heterocycles. The summed E-state index contributed by atoms with van der Waals surface area (Å²) < 4.78 is 65.5. The van der Waals surface area contributed by atoms with Crippen LogP contribution in [0.3, 0.4) is 0 Å². The lowest BCUT2D eigenvalue weighted by Gasteiger charge is -2.11. The van der Waals surface area contributed by atoms with Crippen molar-refractivity contribution in [2.75, 3.05) is 18.4 Å². The number of rotatable bonds is 4. The summed E-state index contributed by atoms with van der Waals surface area (Å²) in [6.45, 7) is 1.58. The maximum absolute atomic E-state index is 13.4. The zero-order valence-corrected chi connectivity index (χ0v) is 10.9. The van der Waals surface area contributed by atoms with E-state index in [9.17, 15) is 26.7 Å². The molecular weight excluding hydrogens is 295 g/mol. The van der Waals surface area contributed by atoms with Crippen molar-refractivity contribution in [2.45, 2.75) is 19.3 Å². The molecule has 0 aliphatic carbocycles. The minimum Gasteiger partial charge on any atom is -0.321 e. The van der Waals surface area contributed by atoms with Crippen LogP contribution in [0.5, 0.6) is 0 Å². The monoisotopic (exact) mass is 308 g/mol. The Balaban J connectivity index is 2.06. The van der Waals surface area contributed by atoms with Crippen molar-refractivity contribution in [3.63, 3.8) is 0 Å². The molecule has 0 spiro atoms. The lowest BCUT2D eigenvalue weighted by atomic mass is 10.0. The predicted octanol–water partition coefficient (Wildman–Crippen LogP) is 2.71. The van der Waals surface area contributed by atoms with Crippen LogP contribution >= 0.6 is 0 Å². The quantitative estimate of drug-likeness (QED) is 0.510. The molecule has 1 saturated heterocycles. The second-order valence-electron chi connectivity index (χ2n) is 4.89. The lowest BCUT2D eigenvalue weighted by molar-refractivity contribution is -0.116. The Morgan fingerprint density at radius 3 is 2.14 bits per heavy atom. The summed E-state index contributed by atoms with van der Waals surface area (Å²) in [5.74, 6) is -11.0. The van der Waals surface area contributed by atoms with Gasteiger partial charge in [-0.3, -0.25) is 4.79 Å². The Labute approximate surface area is 117 Å². The van der Waals surface area contributed by atoms with E-state index in [1.807, 2.05) is 0 Å². The standard InChI is InChI=1S/C13H13F5N2O/c14-8-9(15)11(17)13(12(18)10(8)16)20-7(21)2-1-6-3-4-19-5-6/h6,19H,1-5H2,(H,20,21). The van der Waals surface area contributed by atoms with Gasteiger partial charge in [-0.25, -0.2) is 22.0 Å². The number of benzene rings is 1. The average molecular weight is 308 g/mol. The molecule has 0 radical (unpaired) electrons. The molecule has 3 nitrogen and oxygen atoms in total. The molecule has 0 saturated carbocycles. The maximum Gasteiger partial charge on any atom is 0.224 e. The Hall–Kier alpha value is -1.70. The van der Waals surface area contributed by atoms with E-state index < -0.39 is 40.7 Å². The van der Waals surface area contributed by atoms with Gasteiger partial charge in [-0.2, -0.15) is 0 Å². The van der Waals surface area contributed by atoms with E-state index in [1.54, 1.807) is 5.32 Å². The van der Waals surface area contributed by atoms with Gasteiger partial charge < -0.3 is 10.6 Å². The van der Waals surface area contributed by atoms with Crippen LogP contribution in [-0.2, 0) is 4.79 Å². The van der Waals surface area contributed by atoms with E-state index in [0.717, 1.165) is 19.5 Å². The van der Waals surface area contributed by atoms with Gasteiger partial charge in [-0.1, -0.05) is 0 Å². The van der Waals surface area contributed by atoms with Crippen molar-refractivity contribution in [1.82, 2.24) is 5.32 Å². The molecule has 1 unspecified atom stereocenters. The molecule has 1 fully saturated rings. The highest BCUT2D eigenvalue weighted by Crippen LogP contribution is 2.27. The van der Waals surface area contributed by atoms with Crippen LogP contribution in [-0.4, -0.2) is 19.0 Å². The van der Waals surface area contributed by atoms with E-state index in [1.165, 1.54) is 0 Å². The second kappa shape index (κ2) is 6.38. The van der Waals surface area contributed by atoms with Crippen molar-refractivity contribution in [3.05, 3.63) is 29.1 Å². The Morgan fingerprint density at radius 2 is 1.62 bits per heavy atom. The third kappa shape index (κ3) is 3.31. The first-order valence-electron chi connectivity index (χ1n) is 6.43. The zero-order chi connectivity index (χ0) is 15.6. The molecule has 2 N–H and O–H groups in total. The molecule has 8 heteroatoms. The van der Waals surface area contributed by atoms with Crippen molar-refractivity contribution >= 4 is 11.6 Å².